The molecular formula is C59H75N3O8S. The minimum absolute atomic E-state index is 0.0235. The minimum Gasteiger partial charge on any atom is -0.744 e. The number of ether oxygens (including phenoxy) is 2. The van der Waals surface area contributed by atoms with Gasteiger partial charge in [0, 0.05) is 73.2 Å². The van der Waals surface area contributed by atoms with Gasteiger partial charge in [0.1, 0.15) is 38.6 Å². The molecule has 1 amide bonds. The van der Waals surface area contributed by atoms with Crippen molar-refractivity contribution in [2.24, 2.45) is 17.3 Å². The number of anilines is 1. The number of aromatic nitrogens is 1. The van der Waals surface area contributed by atoms with Crippen molar-refractivity contribution in [3.05, 3.63) is 135 Å². The van der Waals surface area contributed by atoms with Crippen molar-refractivity contribution >= 4 is 44.8 Å². The van der Waals surface area contributed by atoms with Crippen LogP contribution in [0.2, 0.25) is 0 Å². The largest absolute Gasteiger partial charge is 0.744 e. The van der Waals surface area contributed by atoms with Crippen molar-refractivity contribution in [1.29, 1.82) is 0 Å². The molecule has 1 fully saturated rings. The number of hydrogen-bond donors (Lipinski definition) is 1. The molecule has 0 radical (unpaired) electrons. The predicted octanol–water partition coefficient (Wildman–Crippen LogP) is 11.7. The van der Waals surface area contributed by atoms with Crippen LogP contribution < -0.4 is 29.9 Å². The van der Waals surface area contributed by atoms with Gasteiger partial charge in [0.05, 0.1) is 19.8 Å². The van der Waals surface area contributed by atoms with E-state index in [0.717, 1.165) is 54.1 Å². The van der Waals surface area contributed by atoms with Gasteiger partial charge >= 0.3 is 5.63 Å². The van der Waals surface area contributed by atoms with Crippen LogP contribution >= 0.6 is 0 Å². The lowest BCUT2D eigenvalue weighted by molar-refractivity contribution is -0.700. The number of methoxy groups -OCH3 is 2. The van der Waals surface area contributed by atoms with Gasteiger partial charge in [0.25, 0.3) is 0 Å². The standard InChI is InChI=1S/C59H75N3O8S/c1-10-13-16-23-49(40-21-17-14-18-22-40)58(4,5)44-34-53(68-8)56(54(35-44)69-9)48-33-43(50-37-51(48)59(50,6)7)38-60-55(63)24-19-15-20-31-62-39-47(71(65,66)67)30-29-45(62)27-26-42-32-41-25-28-46(61(11-2)12-3)36-52(41)70-57(42)64/h14,17-18,21-22,25-30,32-36,39,48-51H,10-13,15-16,19-20,23-24,31,37-38H2,1-9H3,(H-,60,63,65,66,67)/t48-,49?,50+,51-/m0/s1. The van der Waals surface area contributed by atoms with Crippen molar-refractivity contribution in [2.45, 2.75) is 135 Å². The van der Waals surface area contributed by atoms with Crippen LogP contribution in [0.5, 0.6) is 11.5 Å². The summed E-state index contributed by atoms with van der Waals surface area (Å²) < 4.78 is 56.0. The SMILES string of the molecule is CCCCCC(c1ccccc1)C(C)(C)c1cc(OC)c([C@H]2C=C(CNC(=O)CCCCC[n+]3cc(S(=O)(=O)[O-])ccc3/C=C/c3cc4ccc(N(CC)CC)cc4oc3=O)[C@H]3C[C@@H]2C3(C)C)c(OC)c1. The molecule has 3 aliphatic carbocycles. The van der Waals surface area contributed by atoms with Crippen LogP contribution in [0.25, 0.3) is 23.1 Å². The second-order valence-electron chi connectivity index (χ2n) is 20.7. The number of carbonyl (C=O) groups excluding carboxylic acids is 1. The van der Waals surface area contributed by atoms with Gasteiger partial charge in [-0.3, -0.25) is 4.79 Å². The van der Waals surface area contributed by atoms with Crippen LogP contribution in [0.4, 0.5) is 5.69 Å². The Morgan fingerprint density at radius 3 is 2.30 bits per heavy atom. The summed E-state index contributed by atoms with van der Waals surface area (Å²) in [7, 11) is -1.19. The van der Waals surface area contributed by atoms with Gasteiger partial charge in [-0.1, -0.05) is 95.9 Å². The molecule has 12 heteroatoms. The van der Waals surface area contributed by atoms with Crippen LogP contribution in [0, 0.1) is 17.3 Å². The van der Waals surface area contributed by atoms with E-state index in [1.807, 2.05) is 18.2 Å². The van der Waals surface area contributed by atoms with Crippen LogP contribution in [-0.4, -0.2) is 52.7 Å². The van der Waals surface area contributed by atoms with E-state index in [2.05, 4.69) is 107 Å². The van der Waals surface area contributed by atoms with E-state index in [0.29, 0.717) is 73.4 Å². The first kappa shape index (κ1) is 53.1. The van der Waals surface area contributed by atoms with Crippen LogP contribution in [0.3, 0.4) is 0 Å². The lowest BCUT2D eigenvalue weighted by Gasteiger charge is -2.59. The summed E-state index contributed by atoms with van der Waals surface area (Å²) in [5, 5.41) is 4.01. The lowest BCUT2D eigenvalue weighted by Crippen LogP contribution is -2.52. The first-order valence-electron chi connectivity index (χ1n) is 25.7. The maximum absolute atomic E-state index is 13.4. The third-order valence-corrected chi connectivity index (χ3v) is 16.7. The molecule has 8 rings (SSSR count). The molecule has 380 valence electrons. The van der Waals surface area contributed by atoms with Gasteiger partial charge in [0.2, 0.25) is 11.6 Å². The van der Waals surface area contributed by atoms with E-state index in [1.165, 1.54) is 48.2 Å². The maximum atomic E-state index is 13.4. The van der Waals surface area contributed by atoms with Crippen molar-refractivity contribution in [2.75, 3.05) is 38.8 Å². The molecule has 0 spiro atoms. The van der Waals surface area contributed by atoms with Crippen LogP contribution in [0.15, 0.2) is 111 Å². The Morgan fingerprint density at radius 2 is 1.65 bits per heavy atom. The molecule has 11 nitrogen and oxygen atoms in total. The van der Waals surface area contributed by atoms with Crippen molar-refractivity contribution in [1.82, 2.24) is 5.32 Å². The number of benzene rings is 3. The number of pyridine rings is 1. The Hall–Kier alpha value is -5.72. The third-order valence-electron chi connectivity index (χ3n) is 15.8. The highest BCUT2D eigenvalue weighted by atomic mass is 32.2. The van der Waals surface area contributed by atoms with Crippen molar-refractivity contribution in [3.8, 4) is 11.5 Å². The fourth-order valence-corrected chi connectivity index (χ4v) is 11.9. The summed E-state index contributed by atoms with van der Waals surface area (Å²) in [6.45, 7) is 18.3. The molecule has 4 atom stereocenters. The maximum Gasteiger partial charge on any atom is 0.343 e. The Balaban J connectivity index is 1.00. The lowest BCUT2D eigenvalue weighted by atomic mass is 9.45. The summed E-state index contributed by atoms with van der Waals surface area (Å²) in [5.41, 5.74) is 6.58. The average molecular weight is 986 g/mol. The minimum atomic E-state index is -4.71. The number of nitrogens with one attached hydrogen (secondary N) is 1. The van der Waals surface area contributed by atoms with E-state index >= 15 is 0 Å². The monoisotopic (exact) mass is 986 g/mol. The summed E-state index contributed by atoms with van der Waals surface area (Å²) >= 11 is 0. The highest BCUT2D eigenvalue weighted by Crippen LogP contribution is 2.65. The number of carbonyl (C=O) groups is 1. The molecule has 1 unspecified atom stereocenters. The summed E-state index contributed by atoms with van der Waals surface area (Å²) in [4.78, 5) is 28.3. The average Bonchev–Trinajstić information content (AvgIpc) is 3.35. The number of aryl methyl sites for hydroxylation is 1. The van der Waals surface area contributed by atoms with Gasteiger partial charge in [0.15, 0.2) is 6.20 Å². The molecule has 0 saturated heterocycles. The molecule has 3 aromatic carbocycles. The molecule has 0 aliphatic heterocycles. The highest BCUT2D eigenvalue weighted by molar-refractivity contribution is 7.85. The molecule has 2 bridgehead atoms. The van der Waals surface area contributed by atoms with E-state index < -0.39 is 15.7 Å². The molecule has 3 aliphatic rings. The Kier molecular flexibility index (Phi) is 17.0. The Bertz CT molecular complexity index is 2870. The second-order valence-corrected chi connectivity index (χ2v) is 22.1. The Labute approximate surface area is 422 Å². The summed E-state index contributed by atoms with van der Waals surface area (Å²) in [6, 6.07) is 25.8. The van der Waals surface area contributed by atoms with E-state index in [-0.39, 0.29) is 27.6 Å². The van der Waals surface area contributed by atoms with Gasteiger partial charge < -0.3 is 28.7 Å². The zero-order chi connectivity index (χ0) is 51.1. The van der Waals surface area contributed by atoms with Gasteiger partial charge in [-0.15, -0.1) is 0 Å². The molecule has 2 aromatic heterocycles. The van der Waals surface area contributed by atoms with E-state index in [1.54, 1.807) is 43.1 Å². The zero-order valence-electron chi connectivity index (χ0n) is 43.4. The van der Waals surface area contributed by atoms with Crippen LogP contribution in [-0.2, 0) is 26.9 Å². The molecule has 2 heterocycles. The zero-order valence-corrected chi connectivity index (χ0v) is 44.2. The first-order chi connectivity index (χ1) is 33.9. The Morgan fingerprint density at radius 1 is 0.930 bits per heavy atom. The fourth-order valence-electron chi connectivity index (χ4n) is 11.4. The predicted molar refractivity (Wildman–Crippen MR) is 283 cm³/mol. The molecular weight excluding hydrogens is 911 g/mol. The van der Waals surface area contributed by atoms with E-state index in [4.69, 9.17) is 13.9 Å². The number of allylic oxidation sites excluding steroid dienone is 1. The summed E-state index contributed by atoms with van der Waals surface area (Å²) in [6.07, 6.45) is 15.0. The number of amides is 1. The smallest absolute Gasteiger partial charge is 0.343 e. The molecule has 1 saturated carbocycles. The number of unbranched alkanes of at least 4 members (excludes halogenated alkanes) is 4. The quantitative estimate of drug-likeness (QED) is 0.0210. The summed E-state index contributed by atoms with van der Waals surface area (Å²) in [5.74, 6) is 2.78. The number of fused-ring (bicyclic) bond motifs is 2. The molecule has 71 heavy (non-hydrogen) atoms. The number of nitrogens with zero attached hydrogens (tertiary/aromatic N) is 2. The van der Waals surface area contributed by atoms with E-state index in [9.17, 15) is 22.6 Å². The second kappa shape index (κ2) is 22.8. The number of hydrogen-bond acceptors (Lipinski definition) is 9. The third kappa shape index (κ3) is 11.8. The van der Waals surface area contributed by atoms with Crippen LogP contribution in [0.1, 0.15) is 146 Å². The highest BCUT2D eigenvalue weighted by Gasteiger charge is 2.56. The van der Waals surface area contributed by atoms with Crippen molar-refractivity contribution < 1.29 is 36.2 Å². The normalized spacial score (nSPS) is 17.9. The molecule has 1 N–H and O–H groups in total. The van der Waals surface area contributed by atoms with Gasteiger partial charge in [-0.05, 0) is 122 Å². The molecule has 5 aromatic rings. The van der Waals surface area contributed by atoms with Crippen molar-refractivity contribution in [3.63, 3.8) is 0 Å². The van der Waals surface area contributed by atoms with Gasteiger partial charge in [-0.2, -0.15) is 4.57 Å². The first-order valence-corrected chi connectivity index (χ1v) is 27.1. The topological polar surface area (TPSA) is 142 Å². The van der Waals surface area contributed by atoms with Gasteiger partial charge in [-0.25, -0.2) is 13.2 Å². The fraction of sp³-hybridized carbons (Fsp3) is 0.475. The number of rotatable bonds is 24.